The highest BCUT2D eigenvalue weighted by atomic mass is 79.9. The van der Waals surface area contributed by atoms with Gasteiger partial charge in [0, 0.05) is 28.4 Å². The van der Waals surface area contributed by atoms with Gasteiger partial charge in [-0.1, -0.05) is 15.9 Å². The average molecular weight is 379 g/mol. The van der Waals surface area contributed by atoms with Gasteiger partial charge in [0.25, 0.3) is 5.91 Å². The van der Waals surface area contributed by atoms with Crippen molar-refractivity contribution in [2.45, 2.75) is 12.6 Å². The van der Waals surface area contributed by atoms with Crippen molar-refractivity contribution in [3.8, 4) is 0 Å². The van der Waals surface area contributed by atoms with Crippen LogP contribution < -0.4 is 5.32 Å². The van der Waals surface area contributed by atoms with Crippen LogP contribution >= 0.6 is 27.3 Å². The van der Waals surface area contributed by atoms with Gasteiger partial charge in [-0.05, 0) is 18.2 Å². The molecule has 0 aliphatic carbocycles. The Morgan fingerprint density at radius 2 is 2.14 bits per heavy atom. The standard InChI is InChI=1S/C13H10BrF3N2OS/c14-11-2-1-8(5-10(11)13(15,16)17)12(20)18-4-3-9-6-21-7-19-9/h1-2,5-7H,3-4H2,(H,18,20). The van der Waals surface area contributed by atoms with E-state index < -0.39 is 17.6 Å². The number of thiazole rings is 1. The van der Waals surface area contributed by atoms with Crippen molar-refractivity contribution in [3.63, 3.8) is 0 Å². The van der Waals surface area contributed by atoms with Gasteiger partial charge in [0.05, 0.1) is 16.8 Å². The maximum Gasteiger partial charge on any atom is 0.417 e. The van der Waals surface area contributed by atoms with Crippen LogP contribution in [0.3, 0.4) is 0 Å². The number of amides is 1. The van der Waals surface area contributed by atoms with Crippen LogP contribution in [-0.2, 0) is 12.6 Å². The molecule has 0 saturated carbocycles. The summed E-state index contributed by atoms with van der Waals surface area (Å²) < 4.78 is 38.2. The van der Waals surface area contributed by atoms with E-state index in [0.717, 1.165) is 11.8 Å². The molecule has 0 atom stereocenters. The zero-order chi connectivity index (χ0) is 15.5. The fourth-order valence-electron chi connectivity index (χ4n) is 1.65. The lowest BCUT2D eigenvalue weighted by molar-refractivity contribution is -0.138. The lowest BCUT2D eigenvalue weighted by Gasteiger charge is -2.11. The molecule has 2 rings (SSSR count). The molecule has 1 heterocycles. The molecule has 0 radical (unpaired) electrons. The number of halogens is 4. The van der Waals surface area contributed by atoms with Gasteiger partial charge in [-0.2, -0.15) is 13.2 Å². The summed E-state index contributed by atoms with van der Waals surface area (Å²) in [6.45, 7) is 0.319. The number of carbonyl (C=O) groups excluding carboxylic acids is 1. The molecule has 0 unspecified atom stereocenters. The summed E-state index contributed by atoms with van der Waals surface area (Å²) in [5.41, 5.74) is 1.63. The molecule has 8 heteroatoms. The highest BCUT2D eigenvalue weighted by Crippen LogP contribution is 2.35. The maximum absolute atomic E-state index is 12.8. The number of nitrogens with one attached hydrogen (secondary N) is 1. The molecule has 0 bridgehead atoms. The van der Waals surface area contributed by atoms with Crippen LogP contribution in [0.5, 0.6) is 0 Å². The first-order chi connectivity index (χ1) is 9.88. The van der Waals surface area contributed by atoms with Crippen molar-refractivity contribution in [2.75, 3.05) is 6.54 Å². The molecular weight excluding hydrogens is 369 g/mol. The molecule has 112 valence electrons. The molecule has 1 aromatic heterocycles. The third-order valence-corrected chi connectivity index (χ3v) is 4.01. The first-order valence-corrected chi connectivity index (χ1v) is 7.63. The van der Waals surface area contributed by atoms with Crippen LogP contribution in [-0.4, -0.2) is 17.4 Å². The van der Waals surface area contributed by atoms with E-state index in [1.165, 1.54) is 23.5 Å². The third kappa shape index (κ3) is 4.28. The Labute approximate surface area is 131 Å². The van der Waals surface area contributed by atoms with Crippen LogP contribution in [0.1, 0.15) is 21.6 Å². The zero-order valence-electron chi connectivity index (χ0n) is 10.6. The topological polar surface area (TPSA) is 42.0 Å². The fraction of sp³-hybridized carbons (Fsp3) is 0.231. The van der Waals surface area contributed by atoms with Crippen molar-refractivity contribution in [3.05, 3.63) is 50.4 Å². The summed E-state index contributed by atoms with van der Waals surface area (Å²) in [7, 11) is 0. The summed E-state index contributed by atoms with van der Waals surface area (Å²) in [6.07, 6.45) is -3.96. The molecule has 21 heavy (non-hydrogen) atoms. The number of hydrogen-bond donors (Lipinski definition) is 1. The molecule has 0 aliphatic rings. The molecule has 3 nitrogen and oxygen atoms in total. The quantitative estimate of drug-likeness (QED) is 0.876. The molecule has 1 N–H and O–H groups in total. The Hall–Kier alpha value is -1.41. The third-order valence-electron chi connectivity index (χ3n) is 2.68. The zero-order valence-corrected chi connectivity index (χ0v) is 13.0. The highest BCUT2D eigenvalue weighted by molar-refractivity contribution is 9.10. The first-order valence-electron chi connectivity index (χ1n) is 5.90. The number of nitrogens with zero attached hydrogens (tertiary/aromatic N) is 1. The summed E-state index contributed by atoms with van der Waals surface area (Å²) in [4.78, 5) is 15.9. The van der Waals surface area contributed by atoms with Crippen molar-refractivity contribution in [1.82, 2.24) is 10.3 Å². The maximum atomic E-state index is 12.8. The molecule has 0 saturated heterocycles. The minimum absolute atomic E-state index is 0.0243. The predicted octanol–water partition coefficient (Wildman–Crippen LogP) is 3.90. The van der Waals surface area contributed by atoms with E-state index in [0.29, 0.717) is 13.0 Å². The van der Waals surface area contributed by atoms with Crippen molar-refractivity contribution < 1.29 is 18.0 Å². The predicted molar refractivity (Wildman–Crippen MR) is 77.3 cm³/mol. The molecule has 0 spiro atoms. The van der Waals surface area contributed by atoms with Crippen LogP contribution in [0, 0.1) is 0 Å². The Kier molecular flexibility index (Phi) is 5.00. The second kappa shape index (κ2) is 6.57. The Balaban J connectivity index is 2.02. The van der Waals surface area contributed by atoms with Crippen LogP contribution in [0.4, 0.5) is 13.2 Å². The second-order valence-electron chi connectivity index (χ2n) is 4.18. The summed E-state index contributed by atoms with van der Waals surface area (Å²) >= 11 is 4.28. The summed E-state index contributed by atoms with van der Waals surface area (Å²) in [6, 6.07) is 3.40. The van der Waals surface area contributed by atoms with Crippen molar-refractivity contribution in [2.24, 2.45) is 0 Å². The van der Waals surface area contributed by atoms with E-state index in [4.69, 9.17) is 0 Å². The van der Waals surface area contributed by atoms with E-state index >= 15 is 0 Å². The van der Waals surface area contributed by atoms with Gasteiger partial charge in [-0.3, -0.25) is 4.79 Å². The lowest BCUT2D eigenvalue weighted by Crippen LogP contribution is -2.26. The van der Waals surface area contributed by atoms with Crippen LogP contribution in [0.15, 0.2) is 33.6 Å². The normalized spacial score (nSPS) is 11.4. The Morgan fingerprint density at radius 1 is 1.38 bits per heavy atom. The van der Waals surface area contributed by atoms with Crippen LogP contribution in [0.2, 0.25) is 0 Å². The van der Waals surface area contributed by atoms with Gasteiger partial charge in [-0.25, -0.2) is 4.98 Å². The number of benzene rings is 1. The molecule has 1 aromatic carbocycles. The summed E-state index contributed by atoms with van der Waals surface area (Å²) in [5.74, 6) is -0.539. The molecule has 0 fully saturated rings. The first kappa shape index (κ1) is 16.0. The lowest BCUT2D eigenvalue weighted by atomic mass is 10.1. The van der Waals surface area contributed by atoms with Gasteiger partial charge in [0.2, 0.25) is 0 Å². The number of hydrogen-bond acceptors (Lipinski definition) is 3. The minimum Gasteiger partial charge on any atom is -0.352 e. The second-order valence-corrected chi connectivity index (χ2v) is 5.75. The Morgan fingerprint density at radius 3 is 2.76 bits per heavy atom. The number of carbonyl (C=O) groups is 1. The van der Waals surface area contributed by atoms with E-state index in [-0.39, 0.29) is 10.0 Å². The molecule has 1 amide bonds. The summed E-state index contributed by atoms with van der Waals surface area (Å²) in [5, 5.41) is 4.43. The van der Waals surface area contributed by atoms with Gasteiger partial charge >= 0.3 is 6.18 Å². The monoisotopic (exact) mass is 378 g/mol. The van der Waals surface area contributed by atoms with Gasteiger partial charge in [0.1, 0.15) is 0 Å². The van der Waals surface area contributed by atoms with E-state index in [9.17, 15) is 18.0 Å². The Bertz CT molecular complexity index is 629. The van der Waals surface area contributed by atoms with E-state index in [1.54, 1.807) is 5.51 Å². The largest absolute Gasteiger partial charge is 0.417 e. The molecule has 2 aromatic rings. The van der Waals surface area contributed by atoms with E-state index in [2.05, 4.69) is 26.2 Å². The van der Waals surface area contributed by atoms with E-state index in [1.807, 2.05) is 5.38 Å². The number of aromatic nitrogens is 1. The fourth-order valence-corrected chi connectivity index (χ4v) is 2.72. The molecule has 0 aliphatic heterocycles. The van der Waals surface area contributed by atoms with Crippen molar-refractivity contribution in [1.29, 1.82) is 0 Å². The minimum atomic E-state index is -4.50. The van der Waals surface area contributed by atoms with Gasteiger partial charge < -0.3 is 5.32 Å². The van der Waals surface area contributed by atoms with Gasteiger partial charge in [0.15, 0.2) is 0 Å². The number of rotatable bonds is 4. The number of alkyl halides is 3. The van der Waals surface area contributed by atoms with Crippen molar-refractivity contribution >= 4 is 33.2 Å². The smallest absolute Gasteiger partial charge is 0.352 e. The molecular formula is C13H10BrF3N2OS. The van der Waals surface area contributed by atoms with Gasteiger partial charge in [-0.15, -0.1) is 11.3 Å². The van der Waals surface area contributed by atoms with Crippen LogP contribution in [0.25, 0.3) is 0 Å². The average Bonchev–Trinajstić information content (AvgIpc) is 2.91. The SMILES string of the molecule is O=C(NCCc1cscn1)c1ccc(Br)c(C(F)(F)F)c1. The highest BCUT2D eigenvalue weighted by Gasteiger charge is 2.33.